The van der Waals surface area contributed by atoms with Crippen LogP contribution in [-0.4, -0.2) is 43.1 Å². The fraction of sp³-hybridized carbons (Fsp3) is 0.222. The van der Waals surface area contributed by atoms with E-state index in [1.54, 1.807) is 41.9 Å². The number of amides is 2. The molecule has 0 aromatic heterocycles. The van der Waals surface area contributed by atoms with Gasteiger partial charge in [-0.3, -0.25) is 14.5 Å². The molecule has 0 aliphatic carbocycles. The number of likely N-dealkylation sites (N-methyl/N-ethyl adjacent to an activating group) is 1. The summed E-state index contributed by atoms with van der Waals surface area (Å²) in [6.45, 7) is 0.175. The second kappa shape index (κ2) is 9.97. The number of nitrogens with zero attached hydrogens (tertiary/aromatic N) is 1. The molecule has 26 heavy (non-hydrogen) atoms. The summed E-state index contributed by atoms with van der Waals surface area (Å²) in [5.41, 5.74) is 1.30. The minimum Gasteiger partial charge on any atom is -0.324 e. The predicted molar refractivity (Wildman–Crippen MR) is 112 cm³/mol. The first-order valence-electron chi connectivity index (χ1n) is 7.75. The monoisotopic (exact) mass is 455 g/mol. The normalized spacial score (nSPS) is 10.7. The van der Waals surface area contributed by atoms with E-state index in [1.165, 1.54) is 0 Å². The summed E-state index contributed by atoms with van der Waals surface area (Å²) in [5.74, 6) is -0.419. The molecule has 8 heteroatoms. The maximum atomic E-state index is 12.2. The SMILES string of the molecule is CSc1ccccc1NC(=O)CN(C)CC(=O)Nc1ccc(Br)cc1Cl. The highest BCUT2D eigenvalue weighted by Gasteiger charge is 2.13. The summed E-state index contributed by atoms with van der Waals surface area (Å²) in [4.78, 5) is 27.0. The van der Waals surface area contributed by atoms with Crippen LogP contribution in [0.3, 0.4) is 0 Å². The molecule has 2 aromatic rings. The summed E-state index contributed by atoms with van der Waals surface area (Å²) in [5, 5.41) is 6.06. The molecule has 2 N–H and O–H groups in total. The second-order valence-electron chi connectivity index (χ2n) is 5.59. The first kappa shape index (κ1) is 20.8. The van der Waals surface area contributed by atoms with Crippen molar-refractivity contribution in [3.8, 4) is 0 Å². The van der Waals surface area contributed by atoms with Crippen LogP contribution in [0.25, 0.3) is 0 Å². The molecule has 0 aliphatic heterocycles. The number of hydrogen-bond acceptors (Lipinski definition) is 4. The molecule has 5 nitrogen and oxygen atoms in total. The van der Waals surface area contributed by atoms with Gasteiger partial charge in [-0.05, 0) is 43.6 Å². The Morgan fingerprint density at radius 1 is 1.08 bits per heavy atom. The lowest BCUT2D eigenvalue weighted by atomic mass is 10.3. The Kier molecular flexibility index (Phi) is 7.96. The summed E-state index contributed by atoms with van der Waals surface area (Å²) in [6.07, 6.45) is 1.95. The van der Waals surface area contributed by atoms with Crippen LogP contribution in [0.5, 0.6) is 0 Å². The zero-order valence-corrected chi connectivity index (χ0v) is 17.5. The Morgan fingerprint density at radius 2 is 1.69 bits per heavy atom. The van der Waals surface area contributed by atoms with Gasteiger partial charge in [-0.1, -0.05) is 39.7 Å². The van der Waals surface area contributed by atoms with Gasteiger partial charge in [-0.15, -0.1) is 11.8 Å². The van der Waals surface area contributed by atoms with E-state index in [0.717, 1.165) is 15.1 Å². The minimum absolute atomic E-state index is 0.0734. The predicted octanol–water partition coefficient (Wildman–Crippen LogP) is 4.33. The quantitative estimate of drug-likeness (QED) is 0.609. The van der Waals surface area contributed by atoms with Crippen LogP contribution in [0, 0.1) is 0 Å². The van der Waals surface area contributed by atoms with E-state index in [-0.39, 0.29) is 24.9 Å². The van der Waals surface area contributed by atoms with E-state index >= 15 is 0 Å². The third kappa shape index (κ3) is 6.32. The standard InChI is InChI=1S/C18H19BrClN3O2S/c1-23(10-17(24)21-14-8-7-12(19)9-13(14)20)11-18(25)22-15-5-3-4-6-16(15)26-2/h3-9H,10-11H2,1-2H3,(H,21,24)(H,22,25). The highest BCUT2D eigenvalue weighted by molar-refractivity contribution is 9.10. The molecule has 2 amide bonds. The maximum absolute atomic E-state index is 12.2. The number of benzene rings is 2. The zero-order chi connectivity index (χ0) is 19.1. The van der Waals surface area contributed by atoms with Gasteiger partial charge in [0, 0.05) is 9.37 Å². The lowest BCUT2D eigenvalue weighted by Gasteiger charge is -2.17. The molecule has 0 saturated heterocycles. The maximum Gasteiger partial charge on any atom is 0.238 e. The number of thioether (sulfide) groups is 1. The van der Waals surface area contributed by atoms with Crippen LogP contribution in [0.1, 0.15) is 0 Å². The van der Waals surface area contributed by atoms with Crippen LogP contribution in [0.4, 0.5) is 11.4 Å². The Hall–Kier alpha value is -1.54. The molecule has 0 saturated carbocycles. The number of nitrogens with one attached hydrogen (secondary N) is 2. The van der Waals surface area contributed by atoms with Crippen LogP contribution < -0.4 is 10.6 Å². The number of carbonyl (C=O) groups is 2. The average Bonchev–Trinajstić information content (AvgIpc) is 2.57. The lowest BCUT2D eigenvalue weighted by molar-refractivity contribution is -0.119. The molecule has 2 aromatic carbocycles. The van der Waals surface area contributed by atoms with E-state index in [4.69, 9.17) is 11.6 Å². The number of halogens is 2. The molecule has 0 aliphatic rings. The van der Waals surface area contributed by atoms with Crippen molar-refractivity contribution in [3.63, 3.8) is 0 Å². The van der Waals surface area contributed by atoms with Crippen molar-refractivity contribution in [3.05, 3.63) is 52.0 Å². The van der Waals surface area contributed by atoms with Gasteiger partial charge in [0.25, 0.3) is 0 Å². The summed E-state index contributed by atoms with van der Waals surface area (Å²) in [6, 6.07) is 12.8. The van der Waals surface area contributed by atoms with Gasteiger partial charge in [-0.25, -0.2) is 0 Å². The Morgan fingerprint density at radius 3 is 2.31 bits per heavy atom. The van der Waals surface area contributed by atoms with Crippen molar-refractivity contribution in [1.29, 1.82) is 0 Å². The molecule has 0 atom stereocenters. The lowest BCUT2D eigenvalue weighted by Crippen LogP contribution is -2.36. The van der Waals surface area contributed by atoms with Gasteiger partial charge in [0.15, 0.2) is 0 Å². The van der Waals surface area contributed by atoms with Crippen molar-refractivity contribution in [2.45, 2.75) is 4.90 Å². The minimum atomic E-state index is -0.242. The van der Waals surface area contributed by atoms with E-state index < -0.39 is 0 Å². The fourth-order valence-electron chi connectivity index (χ4n) is 2.26. The first-order valence-corrected chi connectivity index (χ1v) is 10.1. The molecule has 138 valence electrons. The molecular weight excluding hydrogens is 438 g/mol. The van der Waals surface area contributed by atoms with Gasteiger partial charge in [0.2, 0.25) is 11.8 Å². The van der Waals surface area contributed by atoms with E-state index in [0.29, 0.717) is 10.7 Å². The van der Waals surface area contributed by atoms with Crippen LogP contribution >= 0.6 is 39.3 Å². The molecule has 2 rings (SSSR count). The molecular formula is C18H19BrClN3O2S. The average molecular weight is 457 g/mol. The summed E-state index contributed by atoms with van der Waals surface area (Å²) >= 11 is 11.0. The number of anilines is 2. The molecule has 0 radical (unpaired) electrons. The number of hydrogen-bond donors (Lipinski definition) is 2. The van der Waals surface area contributed by atoms with E-state index in [2.05, 4.69) is 26.6 Å². The molecule has 0 unspecified atom stereocenters. The molecule has 0 heterocycles. The van der Waals surface area contributed by atoms with Crippen molar-refractivity contribution >= 4 is 62.5 Å². The third-order valence-corrected chi connectivity index (χ3v) is 5.02. The molecule has 0 fully saturated rings. The summed E-state index contributed by atoms with van der Waals surface area (Å²) in [7, 11) is 1.71. The van der Waals surface area contributed by atoms with Gasteiger partial charge in [0.1, 0.15) is 0 Å². The molecule has 0 spiro atoms. The van der Waals surface area contributed by atoms with Crippen molar-refractivity contribution in [2.75, 3.05) is 37.0 Å². The molecule has 0 bridgehead atoms. The van der Waals surface area contributed by atoms with Crippen molar-refractivity contribution in [2.24, 2.45) is 0 Å². The van der Waals surface area contributed by atoms with Crippen LogP contribution in [0.15, 0.2) is 51.8 Å². The Bertz CT molecular complexity index is 804. The van der Waals surface area contributed by atoms with E-state index in [9.17, 15) is 9.59 Å². The van der Waals surface area contributed by atoms with Gasteiger partial charge in [0.05, 0.1) is 29.5 Å². The largest absolute Gasteiger partial charge is 0.324 e. The summed E-state index contributed by atoms with van der Waals surface area (Å²) < 4.78 is 0.833. The van der Waals surface area contributed by atoms with Crippen LogP contribution in [0.2, 0.25) is 5.02 Å². The smallest absolute Gasteiger partial charge is 0.238 e. The van der Waals surface area contributed by atoms with Gasteiger partial charge in [-0.2, -0.15) is 0 Å². The van der Waals surface area contributed by atoms with Gasteiger partial charge < -0.3 is 10.6 Å². The first-order chi connectivity index (χ1) is 12.4. The number of para-hydroxylation sites is 1. The fourth-order valence-corrected chi connectivity index (χ4v) is 3.54. The zero-order valence-electron chi connectivity index (χ0n) is 14.4. The van der Waals surface area contributed by atoms with Gasteiger partial charge >= 0.3 is 0 Å². The Labute approximate surface area is 170 Å². The highest BCUT2D eigenvalue weighted by atomic mass is 79.9. The third-order valence-electron chi connectivity index (χ3n) is 3.41. The second-order valence-corrected chi connectivity index (χ2v) is 7.76. The topological polar surface area (TPSA) is 61.4 Å². The number of rotatable bonds is 7. The van der Waals surface area contributed by atoms with Crippen molar-refractivity contribution in [1.82, 2.24) is 4.90 Å². The highest BCUT2D eigenvalue weighted by Crippen LogP contribution is 2.26. The Balaban J connectivity index is 1.86. The van der Waals surface area contributed by atoms with Crippen LogP contribution in [-0.2, 0) is 9.59 Å². The van der Waals surface area contributed by atoms with Crippen molar-refractivity contribution < 1.29 is 9.59 Å². The number of carbonyl (C=O) groups excluding carboxylic acids is 2. The van der Waals surface area contributed by atoms with E-state index in [1.807, 2.05) is 30.5 Å².